The summed E-state index contributed by atoms with van der Waals surface area (Å²) in [4.78, 5) is 17.5. The van der Waals surface area contributed by atoms with Crippen molar-refractivity contribution in [1.29, 1.82) is 0 Å². The first-order valence-electron chi connectivity index (χ1n) is 6.41. The Morgan fingerprint density at radius 3 is 3.22 bits per heavy atom. The summed E-state index contributed by atoms with van der Waals surface area (Å²) < 4.78 is 0. The van der Waals surface area contributed by atoms with Gasteiger partial charge in [0, 0.05) is 18.6 Å². The van der Waals surface area contributed by atoms with Crippen molar-refractivity contribution in [3.8, 4) is 0 Å². The number of anilines is 1. The zero-order valence-corrected chi connectivity index (χ0v) is 10.9. The highest BCUT2D eigenvalue weighted by Gasteiger charge is 2.32. The van der Waals surface area contributed by atoms with E-state index < -0.39 is 5.97 Å². The highest BCUT2D eigenvalue weighted by atomic mass is 32.1. The zero-order valence-electron chi connectivity index (χ0n) is 10.1. The van der Waals surface area contributed by atoms with E-state index in [2.05, 4.69) is 15.2 Å². The number of rotatable bonds is 3. The number of thiazole rings is 1. The van der Waals surface area contributed by atoms with Gasteiger partial charge in [-0.05, 0) is 32.2 Å². The zero-order chi connectivity index (χ0) is 12.5. The number of nitrogens with zero attached hydrogens (tertiary/aromatic N) is 2. The third-order valence-electron chi connectivity index (χ3n) is 3.93. The molecule has 2 fully saturated rings. The first kappa shape index (κ1) is 11.9. The Kier molecular flexibility index (Phi) is 3.22. The number of carboxylic acid groups (broad SMARTS) is 1. The van der Waals surface area contributed by atoms with Crippen LogP contribution in [0.15, 0.2) is 5.51 Å². The van der Waals surface area contributed by atoms with Crippen LogP contribution in [0.25, 0.3) is 0 Å². The van der Waals surface area contributed by atoms with Gasteiger partial charge in [-0.25, -0.2) is 9.78 Å². The monoisotopic (exact) mass is 267 g/mol. The molecular formula is C12H17N3O2S. The van der Waals surface area contributed by atoms with Gasteiger partial charge in [-0.3, -0.25) is 0 Å². The summed E-state index contributed by atoms with van der Waals surface area (Å²) >= 11 is 1.38. The molecule has 3 heterocycles. The molecule has 2 aliphatic heterocycles. The maximum Gasteiger partial charge on any atom is 0.357 e. The third kappa shape index (κ3) is 2.22. The van der Waals surface area contributed by atoms with Gasteiger partial charge in [0.2, 0.25) is 0 Å². The van der Waals surface area contributed by atoms with Gasteiger partial charge in [-0.15, -0.1) is 11.3 Å². The maximum absolute atomic E-state index is 11.0. The van der Waals surface area contributed by atoms with Crippen LogP contribution in [-0.2, 0) is 0 Å². The fourth-order valence-corrected chi connectivity index (χ4v) is 3.79. The average molecular weight is 267 g/mol. The van der Waals surface area contributed by atoms with Crippen LogP contribution in [0, 0.1) is 0 Å². The molecule has 0 amide bonds. The normalized spacial score (nSPS) is 28.0. The van der Waals surface area contributed by atoms with E-state index in [-0.39, 0.29) is 5.69 Å². The van der Waals surface area contributed by atoms with E-state index in [0.717, 1.165) is 19.4 Å². The minimum Gasteiger partial charge on any atom is -0.476 e. The Hall–Kier alpha value is -1.14. The van der Waals surface area contributed by atoms with Crippen molar-refractivity contribution in [3.05, 3.63) is 11.2 Å². The molecule has 18 heavy (non-hydrogen) atoms. The van der Waals surface area contributed by atoms with Crippen molar-refractivity contribution in [2.24, 2.45) is 0 Å². The first-order valence-corrected chi connectivity index (χ1v) is 7.29. The van der Waals surface area contributed by atoms with Gasteiger partial charge >= 0.3 is 5.97 Å². The van der Waals surface area contributed by atoms with Crippen molar-refractivity contribution in [1.82, 2.24) is 9.88 Å². The number of carboxylic acids is 1. The summed E-state index contributed by atoms with van der Waals surface area (Å²) in [5.74, 6) is -0.947. The molecule has 0 radical (unpaired) electrons. The highest BCUT2D eigenvalue weighted by Crippen LogP contribution is 2.30. The van der Waals surface area contributed by atoms with Crippen molar-refractivity contribution in [3.63, 3.8) is 0 Å². The second-order valence-corrected chi connectivity index (χ2v) is 5.89. The van der Waals surface area contributed by atoms with Crippen molar-refractivity contribution < 1.29 is 9.90 Å². The molecule has 3 rings (SSSR count). The molecule has 1 aromatic rings. The molecule has 2 atom stereocenters. The van der Waals surface area contributed by atoms with E-state index in [4.69, 9.17) is 5.11 Å². The minimum absolute atomic E-state index is 0.161. The molecule has 1 aromatic heterocycles. The van der Waals surface area contributed by atoms with Gasteiger partial charge in [-0.2, -0.15) is 0 Å². The Balaban J connectivity index is 1.66. The van der Waals surface area contributed by atoms with E-state index in [0.29, 0.717) is 17.1 Å². The maximum atomic E-state index is 11.0. The largest absolute Gasteiger partial charge is 0.476 e. The van der Waals surface area contributed by atoms with Gasteiger partial charge in [0.25, 0.3) is 0 Å². The molecule has 0 aliphatic carbocycles. The van der Waals surface area contributed by atoms with Gasteiger partial charge in [0.1, 0.15) is 5.00 Å². The third-order valence-corrected chi connectivity index (χ3v) is 4.68. The highest BCUT2D eigenvalue weighted by molar-refractivity contribution is 7.14. The Morgan fingerprint density at radius 1 is 1.50 bits per heavy atom. The van der Waals surface area contributed by atoms with Gasteiger partial charge in [0.05, 0.1) is 5.51 Å². The van der Waals surface area contributed by atoms with Crippen LogP contribution in [0.2, 0.25) is 0 Å². The predicted octanol–water partition coefficient (Wildman–Crippen LogP) is 1.88. The molecule has 98 valence electrons. The van der Waals surface area contributed by atoms with E-state index in [1.165, 1.54) is 30.7 Å². The lowest BCUT2D eigenvalue weighted by atomic mass is 9.98. The fraction of sp³-hybridized carbons (Fsp3) is 0.667. The van der Waals surface area contributed by atoms with Crippen LogP contribution in [0.3, 0.4) is 0 Å². The molecular weight excluding hydrogens is 250 g/mol. The van der Waals surface area contributed by atoms with Crippen molar-refractivity contribution in [2.75, 3.05) is 18.4 Å². The minimum atomic E-state index is -0.947. The van der Waals surface area contributed by atoms with E-state index >= 15 is 0 Å². The van der Waals surface area contributed by atoms with Crippen LogP contribution >= 0.6 is 11.3 Å². The van der Waals surface area contributed by atoms with Gasteiger partial charge < -0.3 is 15.3 Å². The number of nitrogens with one attached hydrogen (secondary N) is 1. The molecule has 2 saturated heterocycles. The Morgan fingerprint density at radius 2 is 2.39 bits per heavy atom. The molecule has 5 nitrogen and oxygen atoms in total. The van der Waals surface area contributed by atoms with E-state index in [9.17, 15) is 4.79 Å². The topological polar surface area (TPSA) is 65.5 Å². The lowest BCUT2D eigenvalue weighted by Crippen LogP contribution is -2.42. The molecule has 0 bridgehead atoms. The van der Waals surface area contributed by atoms with Crippen LogP contribution in [0.1, 0.15) is 36.2 Å². The number of fused-ring (bicyclic) bond motifs is 1. The van der Waals surface area contributed by atoms with Crippen LogP contribution in [0.4, 0.5) is 5.00 Å². The van der Waals surface area contributed by atoms with Crippen molar-refractivity contribution >= 4 is 22.3 Å². The molecule has 6 heteroatoms. The molecule has 2 N–H and O–H groups in total. The van der Waals surface area contributed by atoms with E-state index in [1.807, 2.05) is 0 Å². The smallest absolute Gasteiger partial charge is 0.357 e. The molecule has 2 aliphatic rings. The predicted molar refractivity (Wildman–Crippen MR) is 70.3 cm³/mol. The number of hydrogen-bond donors (Lipinski definition) is 2. The molecule has 0 aromatic carbocycles. The summed E-state index contributed by atoms with van der Waals surface area (Å²) in [6, 6.07) is 1.08. The second-order valence-electron chi connectivity index (χ2n) is 5.03. The number of piperidine rings is 1. The SMILES string of the molecule is O=C(O)c1ncsc1NC1CCN2CCCC2C1. The van der Waals surface area contributed by atoms with E-state index in [1.54, 1.807) is 5.51 Å². The quantitative estimate of drug-likeness (QED) is 0.875. The van der Waals surface area contributed by atoms with Crippen LogP contribution in [0.5, 0.6) is 0 Å². The fourth-order valence-electron chi connectivity index (χ4n) is 3.04. The Bertz CT molecular complexity index is 448. The standard InChI is InChI=1S/C12H17N3O2S/c16-12(17)10-11(18-7-13-10)14-8-3-5-15-4-1-2-9(15)6-8/h7-9,14H,1-6H2,(H,16,17). The summed E-state index contributed by atoms with van der Waals surface area (Å²) in [6.07, 6.45) is 4.80. The summed E-state index contributed by atoms with van der Waals surface area (Å²) in [6.45, 7) is 2.36. The van der Waals surface area contributed by atoms with Crippen molar-refractivity contribution in [2.45, 2.75) is 37.8 Å². The van der Waals surface area contributed by atoms with Gasteiger partial charge in [-0.1, -0.05) is 0 Å². The number of aromatic nitrogens is 1. The summed E-state index contributed by atoms with van der Waals surface area (Å²) in [5.41, 5.74) is 1.75. The molecule has 2 unspecified atom stereocenters. The number of hydrogen-bond acceptors (Lipinski definition) is 5. The second kappa shape index (κ2) is 4.85. The van der Waals surface area contributed by atoms with Crippen LogP contribution < -0.4 is 5.32 Å². The lowest BCUT2D eigenvalue weighted by Gasteiger charge is -2.35. The summed E-state index contributed by atoms with van der Waals surface area (Å²) in [7, 11) is 0. The number of aromatic carboxylic acids is 1. The average Bonchev–Trinajstić information content (AvgIpc) is 2.96. The number of carbonyl (C=O) groups is 1. The van der Waals surface area contributed by atoms with Gasteiger partial charge in [0.15, 0.2) is 5.69 Å². The first-order chi connectivity index (χ1) is 8.74. The lowest BCUT2D eigenvalue weighted by molar-refractivity contribution is 0.0692. The Labute approximate surface area is 110 Å². The molecule has 0 saturated carbocycles. The van der Waals surface area contributed by atoms with Crippen LogP contribution in [-0.4, -0.2) is 46.1 Å². The summed E-state index contributed by atoms with van der Waals surface area (Å²) in [5, 5.41) is 13.1. The molecule has 0 spiro atoms.